The minimum atomic E-state index is -1.38. The maximum Gasteiger partial charge on any atom is 0.154 e. The zero-order valence-corrected chi connectivity index (χ0v) is 10.4. The molecule has 3 aliphatic rings. The van der Waals surface area contributed by atoms with Crippen LogP contribution in [0.15, 0.2) is 0 Å². The fourth-order valence-electron chi connectivity index (χ4n) is 4.67. The van der Waals surface area contributed by atoms with Crippen molar-refractivity contribution in [3.63, 3.8) is 0 Å². The summed E-state index contributed by atoms with van der Waals surface area (Å²) >= 11 is 6.70. The molecular weight excluding hydrogens is 196 g/mol. The highest BCUT2D eigenvalue weighted by Crippen LogP contribution is 2.76. The molecule has 3 atom stereocenters. The van der Waals surface area contributed by atoms with E-state index in [1.54, 1.807) is 0 Å². The molecule has 0 N–H and O–H groups in total. The predicted molar refractivity (Wildman–Crippen MR) is 59.6 cm³/mol. The Kier molecular flexibility index (Phi) is 1.59. The summed E-state index contributed by atoms with van der Waals surface area (Å²) in [6.07, 6.45) is 7.60. The molecular formula is C11H19ClSi. The zero-order chi connectivity index (χ0) is 9.27. The molecule has 0 nitrogen and oxygen atoms in total. The van der Waals surface area contributed by atoms with Crippen molar-refractivity contribution in [1.29, 1.82) is 0 Å². The number of rotatable bonds is 1. The van der Waals surface area contributed by atoms with Crippen LogP contribution in [-0.4, -0.2) is 7.38 Å². The van der Waals surface area contributed by atoms with Crippen molar-refractivity contribution in [1.82, 2.24) is 0 Å². The Hall–Kier alpha value is 0.507. The van der Waals surface area contributed by atoms with Crippen molar-refractivity contribution in [3.05, 3.63) is 0 Å². The van der Waals surface area contributed by atoms with E-state index in [0.717, 1.165) is 22.8 Å². The molecule has 0 aromatic carbocycles. The second kappa shape index (κ2) is 2.36. The smallest absolute Gasteiger partial charge is 0.154 e. The second-order valence-electron chi connectivity index (χ2n) is 6.05. The van der Waals surface area contributed by atoms with Crippen molar-refractivity contribution in [2.24, 2.45) is 17.3 Å². The number of fused-ring (bicyclic) bond motifs is 3. The average Bonchev–Trinajstić information content (AvgIpc) is 2.55. The van der Waals surface area contributed by atoms with Gasteiger partial charge in [0.05, 0.1) is 0 Å². The van der Waals surface area contributed by atoms with Crippen molar-refractivity contribution >= 4 is 18.5 Å². The van der Waals surface area contributed by atoms with Gasteiger partial charge in [0.25, 0.3) is 0 Å². The molecule has 0 aliphatic heterocycles. The Balaban J connectivity index is 1.95. The lowest BCUT2D eigenvalue weighted by atomic mass is 9.85. The van der Waals surface area contributed by atoms with E-state index in [4.69, 9.17) is 11.1 Å². The first-order valence-corrected chi connectivity index (χ1v) is 9.82. The summed E-state index contributed by atoms with van der Waals surface area (Å²) < 4.78 is 0. The molecule has 3 rings (SSSR count). The molecule has 13 heavy (non-hydrogen) atoms. The van der Waals surface area contributed by atoms with Crippen molar-refractivity contribution < 1.29 is 0 Å². The van der Waals surface area contributed by atoms with Gasteiger partial charge in [-0.1, -0.05) is 19.5 Å². The van der Waals surface area contributed by atoms with Crippen LogP contribution in [-0.2, 0) is 0 Å². The van der Waals surface area contributed by atoms with E-state index in [1.807, 2.05) is 0 Å². The maximum atomic E-state index is 6.70. The first-order chi connectivity index (χ1) is 6.04. The Labute approximate surface area is 86.8 Å². The van der Waals surface area contributed by atoms with Gasteiger partial charge in [0.15, 0.2) is 7.38 Å². The van der Waals surface area contributed by atoms with Crippen LogP contribution in [0.4, 0.5) is 0 Å². The fraction of sp³-hybridized carbons (Fsp3) is 1.00. The van der Waals surface area contributed by atoms with Crippen LogP contribution in [0.3, 0.4) is 0 Å². The topological polar surface area (TPSA) is 0 Å². The van der Waals surface area contributed by atoms with Crippen LogP contribution in [0.25, 0.3) is 0 Å². The van der Waals surface area contributed by atoms with Crippen LogP contribution in [0.2, 0.25) is 18.6 Å². The van der Waals surface area contributed by atoms with E-state index in [-0.39, 0.29) is 0 Å². The monoisotopic (exact) mass is 214 g/mol. The molecule has 0 saturated heterocycles. The molecule has 1 spiro atoms. The lowest BCUT2D eigenvalue weighted by Crippen LogP contribution is -2.36. The summed E-state index contributed by atoms with van der Waals surface area (Å²) in [5, 5.41) is 0. The van der Waals surface area contributed by atoms with Gasteiger partial charge in [-0.2, -0.15) is 11.1 Å². The maximum absolute atomic E-state index is 6.70. The van der Waals surface area contributed by atoms with E-state index in [9.17, 15) is 0 Å². The summed E-state index contributed by atoms with van der Waals surface area (Å²) in [4.78, 5) is 0. The highest BCUT2D eigenvalue weighted by molar-refractivity contribution is 7.20. The first-order valence-electron chi connectivity index (χ1n) is 5.73. The van der Waals surface area contributed by atoms with E-state index in [2.05, 4.69) is 13.1 Å². The molecule has 2 heteroatoms. The van der Waals surface area contributed by atoms with Gasteiger partial charge in [0, 0.05) is 0 Å². The summed E-state index contributed by atoms with van der Waals surface area (Å²) in [7, 11) is -1.38. The van der Waals surface area contributed by atoms with E-state index in [1.165, 1.54) is 32.1 Å². The quantitative estimate of drug-likeness (QED) is 0.457. The van der Waals surface area contributed by atoms with Crippen LogP contribution in [0, 0.1) is 17.3 Å². The molecule has 3 saturated carbocycles. The Morgan fingerprint density at radius 3 is 2.38 bits per heavy atom. The Morgan fingerprint density at radius 2 is 1.92 bits per heavy atom. The Morgan fingerprint density at radius 1 is 1.23 bits per heavy atom. The van der Waals surface area contributed by atoms with Crippen molar-refractivity contribution in [3.8, 4) is 0 Å². The highest BCUT2D eigenvalue weighted by Gasteiger charge is 2.67. The van der Waals surface area contributed by atoms with Gasteiger partial charge in [-0.3, -0.25) is 0 Å². The van der Waals surface area contributed by atoms with E-state index < -0.39 is 7.38 Å². The highest BCUT2D eigenvalue weighted by atomic mass is 35.6. The third kappa shape index (κ3) is 1.04. The third-order valence-corrected chi connectivity index (χ3v) is 8.17. The normalized spacial score (nSPS) is 45.9. The lowest BCUT2D eigenvalue weighted by molar-refractivity contribution is 0.305. The molecule has 0 radical (unpaired) electrons. The molecule has 0 heterocycles. The molecule has 2 bridgehead atoms. The summed E-state index contributed by atoms with van der Waals surface area (Å²) in [6.45, 7) is 4.75. The molecule has 3 aliphatic carbocycles. The number of hydrogen-bond acceptors (Lipinski definition) is 0. The van der Waals surface area contributed by atoms with Crippen LogP contribution in [0.1, 0.15) is 32.1 Å². The first kappa shape index (κ1) is 8.79. The molecule has 3 unspecified atom stereocenters. The molecule has 0 aromatic heterocycles. The minimum absolute atomic E-state index is 0.792. The van der Waals surface area contributed by atoms with Crippen LogP contribution in [0.5, 0.6) is 0 Å². The van der Waals surface area contributed by atoms with Gasteiger partial charge >= 0.3 is 0 Å². The molecule has 0 aromatic rings. The van der Waals surface area contributed by atoms with E-state index in [0.29, 0.717) is 0 Å². The standard InChI is InChI=1S/C11H19ClSi/c1-13(2,12)10-8-3-4-9(7-8)11(10)5-6-11/h8-10H,3-7H2,1-2H3. The molecule has 3 fully saturated rings. The zero-order valence-electron chi connectivity index (χ0n) is 8.65. The molecule has 74 valence electrons. The summed E-state index contributed by atoms with van der Waals surface area (Å²) in [6, 6.07) is 0. The molecule has 0 amide bonds. The van der Waals surface area contributed by atoms with Crippen LogP contribution >= 0.6 is 11.1 Å². The summed E-state index contributed by atoms with van der Waals surface area (Å²) in [5.74, 6) is 2.12. The number of hydrogen-bond donors (Lipinski definition) is 0. The van der Waals surface area contributed by atoms with Gasteiger partial charge < -0.3 is 0 Å². The van der Waals surface area contributed by atoms with Gasteiger partial charge in [-0.15, -0.1) is 0 Å². The minimum Gasteiger partial charge on any atom is -0.167 e. The average molecular weight is 215 g/mol. The third-order valence-electron chi connectivity index (χ3n) is 4.94. The van der Waals surface area contributed by atoms with Crippen molar-refractivity contribution in [2.45, 2.75) is 50.7 Å². The lowest BCUT2D eigenvalue weighted by Gasteiger charge is -2.37. The van der Waals surface area contributed by atoms with Gasteiger partial charge in [-0.05, 0) is 48.5 Å². The second-order valence-corrected chi connectivity index (χ2v) is 12.7. The largest absolute Gasteiger partial charge is 0.167 e. The van der Waals surface area contributed by atoms with Gasteiger partial charge in [-0.25, -0.2) is 0 Å². The SMILES string of the molecule is C[Si](C)(Cl)C1C2CCC(C2)C12CC2. The fourth-order valence-corrected chi connectivity index (χ4v) is 9.17. The Bertz CT molecular complexity index is 239. The van der Waals surface area contributed by atoms with Gasteiger partial charge in [0.1, 0.15) is 0 Å². The van der Waals surface area contributed by atoms with Crippen molar-refractivity contribution in [2.75, 3.05) is 0 Å². The number of halogens is 1. The van der Waals surface area contributed by atoms with E-state index >= 15 is 0 Å². The van der Waals surface area contributed by atoms with Crippen LogP contribution < -0.4 is 0 Å². The van der Waals surface area contributed by atoms with Gasteiger partial charge in [0.2, 0.25) is 0 Å². The predicted octanol–water partition coefficient (Wildman–Crippen LogP) is 4.01. The summed E-state index contributed by atoms with van der Waals surface area (Å²) in [5.41, 5.74) is 1.76.